The minimum absolute atomic E-state index is 0.0411. The number of ketones is 2. The number of nitrogens with one attached hydrogen (secondary N) is 2. The zero-order chi connectivity index (χ0) is 22.2. The van der Waals surface area contributed by atoms with Crippen LogP contribution in [0.2, 0.25) is 0 Å². The van der Waals surface area contributed by atoms with Crippen LogP contribution in [-0.4, -0.2) is 53.4 Å². The number of aromatic nitrogens is 6. The molecule has 2 N–H and O–H groups in total. The Morgan fingerprint density at radius 3 is 1.47 bits per heavy atom. The molecular weight excluding hydrogens is 444 g/mol. The van der Waals surface area contributed by atoms with Gasteiger partial charge in [0, 0.05) is 24.0 Å². The van der Waals surface area contributed by atoms with E-state index in [1.54, 1.807) is 24.3 Å². The zero-order valence-electron chi connectivity index (χ0n) is 17.0. The molecule has 2 aromatic carbocycles. The van der Waals surface area contributed by atoms with E-state index >= 15 is 0 Å². The van der Waals surface area contributed by atoms with E-state index in [1.807, 2.05) is 36.4 Å². The molecule has 0 spiro atoms. The number of rotatable bonds is 11. The average molecular weight is 465 g/mol. The fraction of sp³-hybridized carbons (Fsp3) is 0.182. The SMILES string of the molecule is O=C(CSc1n[nH]c(CCc2nc(SCC(=O)c3ccccc3)n[nH]2)n1)c1ccccc1. The van der Waals surface area contributed by atoms with Gasteiger partial charge in [0.2, 0.25) is 10.3 Å². The Kier molecular flexibility index (Phi) is 7.47. The number of Topliss-reactive ketones (excluding diaryl/α,β-unsaturated/α-hetero) is 2. The first-order chi connectivity index (χ1) is 15.7. The van der Waals surface area contributed by atoms with Gasteiger partial charge in [-0.15, -0.1) is 10.2 Å². The van der Waals surface area contributed by atoms with Gasteiger partial charge in [0.15, 0.2) is 11.6 Å². The maximum absolute atomic E-state index is 12.2. The van der Waals surface area contributed by atoms with Crippen LogP contribution in [0.5, 0.6) is 0 Å². The highest BCUT2D eigenvalue weighted by Gasteiger charge is 2.12. The molecule has 4 rings (SSSR count). The summed E-state index contributed by atoms with van der Waals surface area (Å²) in [7, 11) is 0. The molecule has 32 heavy (non-hydrogen) atoms. The second-order valence-electron chi connectivity index (χ2n) is 6.79. The number of H-pyrrole nitrogens is 2. The van der Waals surface area contributed by atoms with Crippen molar-refractivity contribution in [1.82, 2.24) is 30.4 Å². The molecule has 0 unspecified atom stereocenters. The smallest absolute Gasteiger partial charge is 0.208 e. The maximum Gasteiger partial charge on any atom is 0.208 e. The van der Waals surface area contributed by atoms with Crippen molar-refractivity contribution in [3.63, 3.8) is 0 Å². The summed E-state index contributed by atoms with van der Waals surface area (Å²) in [6.07, 6.45) is 1.20. The lowest BCUT2D eigenvalue weighted by Gasteiger charge is -1.98. The summed E-state index contributed by atoms with van der Waals surface area (Å²) in [5, 5.41) is 15.2. The minimum atomic E-state index is 0.0411. The first-order valence-electron chi connectivity index (χ1n) is 9.92. The highest BCUT2D eigenvalue weighted by atomic mass is 32.2. The molecule has 0 aliphatic heterocycles. The maximum atomic E-state index is 12.2. The predicted molar refractivity (Wildman–Crippen MR) is 123 cm³/mol. The lowest BCUT2D eigenvalue weighted by atomic mass is 10.2. The Hall–Kier alpha value is -3.24. The molecule has 0 atom stereocenters. The average Bonchev–Trinajstić information content (AvgIpc) is 3.50. The molecule has 0 fully saturated rings. The molecule has 10 heteroatoms. The van der Waals surface area contributed by atoms with Crippen LogP contribution in [0.15, 0.2) is 71.0 Å². The molecule has 0 bridgehead atoms. The molecule has 0 radical (unpaired) electrons. The van der Waals surface area contributed by atoms with Gasteiger partial charge in [-0.1, -0.05) is 84.2 Å². The molecule has 2 heterocycles. The van der Waals surface area contributed by atoms with Crippen LogP contribution in [0.4, 0.5) is 0 Å². The molecular formula is C22H20N6O2S2. The molecule has 162 valence electrons. The van der Waals surface area contributed by atoms with Crippen LogP contribution in [0, 0.1) is 0 Å². The summed E-state index contributed by atoms with van der Waals surface area (Å²) in [5.74, 6) is 2.07. The predicted octanol–water partition coefficient (Wildman–Crippen LogP) is 3.66. The molecule has 8 nitrogen and oxygen atoms in total. The quantitative estimate of drug-likeness (QED) is 0.255. The summed E-state index contributed by atoms with van der Waals surface area (Å²) < 4.78 is 0. The summed E-state index contributed by atoms with van der Waals surface area (Å²) in [6, 6.07) is 18.3. The Labute approximate surface area is 193 Å². The number of hydrogen-bond acceptors (Lipinski definition) is 8. The Balaban J connectivity index is 1.22. The van der Waals surface area contributed by atoms with E-state index in [-0.39, 0.29) is 23.1 Å². The monoisotopic (exact) mass is 464 g/mol. The van der Waals surface area contributed by atoms with Gasteiger partial charge in [0.05, 0.1) is 11.5 Å². The van der Waals surface area contributed by atoms with Crippen LogP contribution < -0.4 is 0 Å². The van der Waals surface area contributed by atoms with Gasteiger partial charge >= 0.3 is 0 Å². The van der Waals surface area contributed by atoms with Gasteiger partial charge in [-0.05, 0) is 0 Å². The first kappa shape index (κ1) is 22.0. The van der Waals surface area contributed by atoms with Gasteiger partial charge in [-0.25, -0.2) is 9.97 Å². The van der Waals surface area contributed by atoms with Crippen LogP contribution in [0.25, 0.3) is 0 Å². The molecule has 0 aliphatic rings. The van der Waals surface area contributed by atoms with Gasteiger partial charge in [0.1, 0.15) is 11.6 Å². The Morgan fingerprint density at radius 2 is 1.06 bits per heavy atom. The van der Waals surface area contributed by atoms with Gasteiger partial charge in [-0.2, -0.15) is 0 Å². The van der Waals surface area contributed by atoms with Crippen molar-refractivity contribution in [3.8, 4) is 0 Å². The van der Waals surface area contributed by atoms with Crippen LogP contribution in [0.3, 0.4) is 0 Å². The third-order valence-corrected chi connectivity index (χ3v) is 6.17. The number of benzene rings is 2. The number of nitrogens with zero attached hydrogens (tertiary/aromatic N) is 4. The lowest BCUT2D eigenvalue weighted by Crippen LogP contribution is -2.02. The van der Waals surface area contributed by atoms with Crippen molar-refractivity contribution in [2.24, 2.45) is 0 Å². The van der Waals surface area contributed by atoms with Gasteiger partial charge in [-0.3, -0.25) is 19.8 Å². The van der Waals surface area contributed by atoms with Crippen molar-refractivity contribution in [2.45, 2.75) is 23.2 Å². The van der Waals surface area contributed by atoms with Crippen molar-refractivity contribution in [2.75, 3.05) is 11.5 Å². The van der Waals surface area contributed by atoms with E-state index in [1.165, 1.54) is 23.5 Å². The second kappa shape index (κ2) is 10.9. The third-order valence-electron chi connectivity index (χ3n) is 4.48. The van der Waals surface area contributed by atoms with E-state index in [0.717, 1.165) is 0 Å². The Morgan fingerprint density at radius 1 is 0.656 bits per heavy atom. The number of aryl methyl sites for hydroxylation is 2. The highest BCUT2D eigenvalue weighted by Crippen LogP contribution is 2.17. The van der Waals surface area contributed by atoms with E-state index < -0.39 is 0 Å². The first-order valence-corrected chi connectivity index (χ1v) is 11.9. The summed E-state index contributed by atoms with van der Waals surface area (Å²) >= 11 is 2.61. The molecule has 4 aromatic rings. The van der Waals surface area contributed by atoms with Gasteiger partial charge < -0.3 is 0 Å². The Bertz CT molecular complexity index is 1080. The van der Waals surface area contributed by atoms with Crippen molar-refractivity contribution in [3.05, 3.63) is 83.4 Å². The van der Waals surface area contributed by atoms with Crippen molar-refractivity contribution >= 4 is 35.1 Å². The number of thioether (sulfide) groups is 2. The minimum Gasteiger partial charge on any atom is -0.293 e. The topological polar surface area (TPSA) is 117 Å². The summed E-state index contributed by atoms with van der Waals surface area (Å²) in [5.41, 5.74) is 1.36. The van der Waals surface area contributed by atoms with Crippen LogP contribution in [0.1, 0.15) is 32.4 Å². The fourth-order valence-corrected chi connectivity index (χ4v) is 4.24. The van der Waals surface area contributed by atoms with Gasteiger partial charge in [0.25, 0.3) is 0 Å². The molecule has 0 saturated carbocycles. The number of aromatic amines is 2. The lowest BCUT2D eigenvalue weighted by molar-refractivity contribution is 0.101. The van der Waals surface area contributed by atoms with E-state index in [9.17, 15) is 9.59 Å². The standard InChI is InChI=1S/C22H20N6O2S2/c29-17(15-7-3-1-4-8-15)13-31-21-23-19(25-27-21)11-12-20-24-22(28-26-20)32-14-18(30)16-9-5-2-6-10-16/h1-10H,11-14H2,(H,23,25,27)(H,24,26,28). The van der Waals surface area contributed by atoms with Crippen molar-refractivity contribution in [1.29, 1.82) is 0 Å². The molecule has 0 amide bonds. The van der Waals surface area contributed by atoms with Crippen molar-refractivity contribution < 1.29 is 9.59 Å². The number of hydrogen-bond donors (Lipinski definition) is 2. The third kappa shape index (κ3) is 6.14. The van der Waals surface area contributed by atoms with E-state index in [2.05, 4.69) is 30.4 Å². The fourth-order valence-electron chi connectivity index (χ4n) is 2.82. The van der Waals surface area contributed by atoms with Crippen LogP contribution >= 0.6 is 23.5 Å². The molecule has 2 aromatic heterocycles. The summed E-state index contributed by atoms with van der Waals surface area (Å²) in [4.78, 5) is 33.2. The largest absolute Gasteiger partial charge is 0.293 e. The van der Waals surface area contributed by atoms with E-state index in [0.29, 0.717) is 45.9 Å². The van der Waals surface area contributed by atoms with Crippen LogP contribution in [-0.2, 0) is 12.8 Å². The summed E-state index contributed by atoms with van der Waals surface area (Å²) in [6.45, 7) is 0. The number of carbonyl (C=O) groups is 2. The normalized spacial score (nSPS) is 10.9. The molecule has 0 aliphatic carbocycles. The zero-order valence-corrected chi connectivity index (χ0v) is 18.7. The second-order valence-corrected chi connectivity index (χ2v) is 8.67. The number of carbonyl (C=O) groups excluding carboxylic acids is 2. The highest BCUT2D eigenvalue weighted by molar-refractivity contribution is 8.00. The van der Waals surface area contributed by atoms with E-state index in [4.69, 9.17) is 0 Å². The molecule has 0 saturated heterocycles.